The second-order valence-corrected chi connectivity index (χ2v) is 6.08. The van der Waals surface area contributed by atoms with Crippen molar-refractivity contribution in [1.29, 1.82) is 0 Å². The van der Waals surface area contributed by atoms with Crippen molar-refractivity contribution in [2.45, 2.75) is 23.8 Å². The van der Waals surface area contributed by atoms with Gasteiger partial charge in [-0.2, -0.15) is 0 Å². The third-order valence-electron chi connectivity index (χ3n) is 2.74. The highest BCUT2D eigenvalue weighted by Gasteiger charge is 2.12. The van der Waals surface area contributed by atoms with E-state index in [0.29, 0.717) is 28.0 Å². The molecule has 9 heteroatoms. The van der Waals surface area contributed by atoms with Crippen LogP contribution in [0.2, 0.25) is 10.0 Å². The number of hydrogen-bond donors (Lipinski definition) is 1. The molecule has 2 aromatic rings. The first-order valence-electron chi connectivity index (χ1n) is 6.06. The van der Waals surface area contributed by atoms with E-state index in [-0.39, 0.29) is 12.3 Å². The second-order valence-electron chi connectivity index (χ2n) is 4.29. The first-order valence-corrected chi connectivity index (χ1v) is 7.81. The Bertz CT molecular complexity index is 661. The number of halogens is 2. The van der Waals surface area contributed by atoms with Crippen molar-refractivity contribution < 1.29 is 4.79 Å². The van der Waals surface area contributed by atoms with Crippen LogP contribution in [0.25, 0.3) is 0 Å². The molecule has 0 saturated heterocycles. The van der Waals surface area contributed by atoms with Crippen molar-refractivity contribution in [2.24, 2.45) is 12.8 Å². The third kappa shape index (κ3) is 4.33. The number of amides is 1. The summed E-state index contributed by atoms with van der Waals surface area (Å²) in [5.41, 5.74) is 5.85. The molecule has 2 rings (SSSR count). The lowest BCUT2D eigenvalue weighted by atomic mass is 10.3. The molecule has 0 fully saturated rings. The predicted octanol–water partition coefficient (Wildman–Crippen LogP) is 2.23. The summed E-state index contributed by atoms with van der Waals surface area (Å²) in [6.07, 6.45) is 2.28. The molecule has 112 valence electrons. The number of rotatable bonds is 6. The molecule has 0 aromatic carbocycles. The van der Waals surface area contributed by atoms with E-state index in [0.717, 1.165) is 10.9 Å². The SMILES string of the molecule is Cn1c(CCC(N)=O)nnc1SCc1ncc(Cl)cc1Cl. The zero-order valence-electron chi connectivity index (χ0n) is 11.2. The molecule has 6 nitrogen and oxygen atoms in total. The zero-order valence-corrected chi connectivity index (χ0v) is 13.5. The lowest BCUT2D eigenvalue weighted by molar-refractivity contribution is -0.118. The number of nitrogens with zero attached hydrogens (tertiary/aromatic N) is 4. The van der Waals surface area contributed by atoms with Gasteiger partial charge in [-0.3, -0.25) is 9.78 Å². The molecule has 0 unspecified atom stereocenters. The maximum atomic E-state index is 10.8. The van der Waals surface area contributed by atoms with Crippen LogP contribution in [0.3, 0.4) is 0 Å². The molecule has 0 aliphatic carbocycles. The number of nitrogens with two attached hydrogens (primary N) is 1. The summed E-state index contributed by atoms with van der Waals surface area (Å²) in [6.45, 7) is 0. The molecule has 21 heavy (non-hydrogen) atoms. The van der Waals surface area contributed by atoms with Crippen LogP contribution in [0, 0.1) is 0 Å². The Morgan fingerprint density at radius 3 is 2.86 bits per heavy atom. The number of thioether (sulfide) groups is 1. The van der Waals surface area contributed by atoms with Gasteiger partial charge >= 0.3 is 0 Å². The number of carbonyl (C=O) groups is 1. The fourth-order valence-corrected chi connectivity index (χ4v) is 3.03. The summed E-state index contributed by atoms with van der Waals surface area (Å²) in [5.74, 6) is 0.911. The number of carbonyl (C=O) groups excluding carboxylic acids is 1. The van der Waals surface area contributed by atoms with Crippen molar-refractivity contribution in [3.05, 3.63) is 33.8 Å². The number of aryl methyl sites for hydroxylation is 1. The summed E-state index contributed by atoms with van der Waals surface area (Å²) in [6, 6.07) is 1.65. The molecule has 1 amide bonds. The van der Waals surface area contributed by atoms with Crippen molar-refractivity contribution in [2.75, 3.05) is 0 Å². The Labute approximate surface area is 136 Å². The Balaban J connectivity index is 2.02. The number of pyridine rings is 1. The van der Waals surface area contributed by atoms with Gasteiger partial charge in [-0.25, -0.2) is 0 Å². The highest BCUT2D eigenvalue weighted by molar-refractivity contribution is 7.98. The molecule has 0 saturated carbocycles. The van der Waals surface area contributed by atoms with E-state index >= 15 is 0 Å². The maximum absolute atomic E-state index is 10.8. The van der Waals surface area contributed by atoms with Gasteiger partial charge in [0.05, 0.1) is 15.7 Å². The first kappa shape index (κ1) is 16.1. The van der Waals surface area contributed by atoms with Gasteiger partial charge in [0.15, 0.2) is 5.16 Å². The molecular weight excluding hydrogens is 333 g/mol. The Kier molecular flexibility index (Phi) is 5.44. The molecule has 0 atom stereocenters. The fraction of sp³-hybridized carbons (Fsp3) is 0.333. The average molecular weight is 346 g/mol. The number of primary amides is 1. The lowest BCUT2D eigenvalue weighted by Gasteiger charge is -2.04. The van der Waals surface area contributed by atoms with Crippen LogP contribution in [0.1, 0.15) is 17.9 Å². The van der Waals surface area contributed by atoms with Crippen LogP contribution in [-0.2, 0) is 24.0 Å². The smallest absolute Gasteiger partial charge is 0.217 e. The Hall–Kier alpha value is -1.31. The topological polar surface area (TPSA) is 86.7 Å². The summed E-state index contributed by atoms with van der Waals surface area (Å²) in [5, 5.41) is 9.87. The number of hydrogen-bond acceptors (Lipinski definition) is 5. The standard InChI is InChI=1S/C12H13Cl2N5OS/c1-19-11(3-2-10(15)20)17-18-12(19)21-6-9-8(14)4-7(13)5-16-9/h4-5H,2-3,6H2,1H3,(H2,15,20). The number of aromatic nitrogens is 4. The minimum atomic E-state index is -0.357. The quantitative estimate of drug-likeness (QED) is 0.811. The van der Waals surface area contributed by atoms with Gasteiger partial charge in [0.2, 0.25) is 5.91 Å². The molecule has 0 radical (unpaired) electrons. The largest absolute Gasteiger partial charge is 0.370 e. The van der Waals surface area contributed by atoms with E-state index in [9.17, 15) is 4.79 Å². The van der Waals surface area contributed by atoms with Crippen LogP contribution in [0.15, 0.2) is 17.4 Å². The van der Waals surface area contributed by atoms with Crippen molar-refractivity contribution >= 4 is 40.9 Å². The van der Waals surface area contributed by atoms with Crippen LogP contribution < -0.4 is 5.73 Å². The fourth-order valence-electron chi connectivity index (χ4n) is 1.61. The molecular formula is C12H13Cl2N5OS. The van der Waals surface area contributed by atoms with Gasteiger partial charge in [-0.05, 0) is 6.07 Å². The molecule has 2 heterocycles. The van der Waals surface area contributed by atoms with Gasteiger partial charge in [0, 0.05) is 31.8 Å². The van der Waals surface area contributed by atoms with Crippen LogP contribution in [0.4, 0.5) is 0 Å². The van der Waals surface area contributed by atoms with Crippen LogP contribution >= 0.6 is 35.0 Å². The molecule has 2 aromatic heterocycles. The molecule has 0 aliphatic heterocycles. The monoisotopic (exact) mass is 345 g/mol. The Morgan fingerprint density at radius 1 is 1.43 bits per heavy atom. The average Bonchev–Trinajstić information content (AvgIpc) is 2.76. The van der Waals surface area contributed by atoms with E-state index in [4.69, 9.17) is 28.9 Å². The normalized spacial score (nSPS) is 10.8. The summed E-state index contributed by atoms with van der Waals surface area (Å²) in [7, 11) is 1.84. The summed E-state index contributed by atoms with van der Waals surface area (Å²) < 4.78 is 1.83. The maximum Gasteiger partial charge on any atom is 0.217 e. The van der Waals surface area contributed by atoms with Crippen molar-refractivity contribution in [3.8, 4) is 0 Å². The van der Waals surface area contributed by atoms with E-state index in [1.807, 2.05) is 11.6 Å². The van der Waals surface area contributed by atoms with Gasteiger partial charge in [-0.15, -0.1) is 10.2 Å². The highest BCUT2D eigenvalue weighted by Crippen LogP contribution is 2.26. The molecule has 2 N–H and O–H groups in total. The summed E-state index contributed by atoms with van der Waals surface area (Å²) in [4.78, 5) is 15.0. The minimum absolute atomic E-state index is 0.251. The van der Waals surface area contributed by atoms with Crippen molar-refractivity contribution in [3.63, 3.8) is 0 Å². The first-order chi connectivity index (χ1) is 9.97. The molecule has 0 bridgehead atoms. The van der Waals surface area contributed by atoms with Crippen molar-refractivity contribution in [1.82, 2.24) is 19.7 Å². The predicted molar refractivity (Wildman–Crippen MR) is 82.3 cm³/mol. The van der Waals surface area contributed by atoms with Crippen LogP contribution in [-0.4, -0.2) is 25.7 Å². The van der Waals surface area contributed by atoms with E-state index < -0.39 is 0 Å². The molecule has 0 aliphatic rings. The minimum Gasteiger partial charge on any atom is -0.370 e. The highest BCUT2D eigenvalue weighted by atomic mass is 35.5. The van der Waals surface area contributed by atoms with Gasteiger partial charge in [-0.1, -0.05) is 35.0 Å². The van der Waals surface area contributed by atoms with E-state index in [1.165, 1.54) is 11.8 Å². The summed E-state index contributed by atoms with van der Waals surface area (Å²) >= 11 is 13.3. The van der Waals surface area contributed by atoms with Gasteiger partial charge in [0.1, 0.15) is 5.82 Å². The Morgan fingerprint density at radius 2 is 2.19 bits per heavy atom. The van der Waals surface area contributed by atoms with E-state index in [1.54, 1.807) is 12.3 Å². The van der Waals surface area contributed by atoms with Gasteiger partial charge in [0.25, 0.3) is 0 Å². The third-order valence-corrected chi connectivity index (χ3v) is 4.31. The molecule has 0 spiro atoms. The van der Waals surface area contributed by atoms with E-state index in [2.05, 4.69) is 15.2 Å². The van der Waals surface area contributed by atoms with Crippen LogP contribution in [0.5, 0.6) is 0 Å². The van der Waals surface area contributed by atoms with Gasteiger partial charge < -0.3 is 10.3 Å². The zero-order chi connectivity index (χ0) is 15.4. The second kappa shape index (κ2) is 7.11. The lowest BCUT2D eigenvalue weighted by Crippen LogP contribution is -2.12.